The third-order valence-corrected chi connectivity index (χ3v) is 2.56. The highest BCUT2D eigenvalue weighted by Gasteiger charge is 1.99. The molecule has 14 heavy (non-hydrogen) atoms. The second-order valence-electron chi connectivity index (χ2n) is 4.02. The zero-order chi connectivity index (χ0) is 10.6. The fourth-order valence-corrected chi connectivity index (χ4v) is 1.23. The molecule has 0 spiro atoms. The fraction of sp³-hybridized carbons (Fsp3) is 0.500. The molecule has 1 aromatic rings. The number of anilines is 1. The predicted molar refractivity (Wildman–Crippen MR) is 62.6 cm³/mol. The summed E-state index contributed by atoms with van der Waals surface area (Å²) >= 11 is 0. The molecule has 2 nitrogen and oxygen atoms in total. The van der Waals surface area contributed by atoms with Gasteiger partial charge < -0.3 is 11.1 Å². The first-order valence-corrected chi connectivity index (χ1v) is 5.14. The number of aryl methyl sites for hydroxylation is 2. The Labute approximate surface area is 86.5 Å². The van der Waals surface area contributed by atoms with Crippen LogP contribution in [-0.4, -0.2) is 13.1 Å². The first kappa shape index (κ1) is 11.1. The summed E-state index contributed by atoms with van der Waals surface area (Å²) in [4.78, 5) is 0. The number of benzene rings is 1. The first-order valence-electron chi connectivity index (χ1n) is 5.14. The maximum atomic E-state index is 5.55. The summed E-state index contributed by atoms with van der Waals surface area (Å²) in [6.45, 7) is 8.08. The SMILES string of the molecule is Cc1ccc(NCC(C)CN)cc1C. The molecular weight excluding hydrogens is 172 g/mol. The minimum Gasteiger partial charge on any atom is -0.385 e. The van der Waals surface area contributed by atoms with Gasteiger partial charge in [-0.3, -0.25) is 0 Å². The van der Waals surface area contributed by atoms with Crippen molar-refractivity contribution in [1.29, 1.82) is 0 Å². The van der Waals surface area contributed by atoms with Gasteiger partial charge in [-0.2, -0.15) is 0 Å². The molecule has 1 rings (SSSR count). The van der Waals surface area contributed by atoms with Crippen molar-refractivity contribution >= 4 is 5.69 Å². The Bertz CT molecular complexity index is 294. The van der Waals surface area contributed by atoms with E-state index in [1.807, 2.05) is 0 Å². The topological polar surface area (TPSA) is 38.0 Å². The van der Waals surface area contributed by atoms with Gasteiger partial charge in [0.05, 0.1) is 0 Å². The van der Waals surface area contributed by atoms with Crippen LogP contribution in [0.3, 0.4) is 0 Å². The van der Waals surface area contributed by atoms with Crippen LogP contribution in [0.4, 0.5) is 5.69 Å². The van der Waals surface area contributed by atoms with Gasteiger partial charge in [-0.1, -0.05) is 13.0 Å². The average Bonchev–Trinajstić information content (AvgIpc) is 2.19. The highest BCUT2D eigenvalue weighted by atomic mass is 14.9. The van der Waals surface area contributed by atoms with Crippen molar-refractivity contribution in [2.24, 2.45) is 11.7 Å². The lowest BCUT2D eigenvalue weighted by molar-refractivity contribution is 0.628. The molecule has 3 N–H and O–H groups in total. The van der Waals surface area contributed by atoms with E-state index in [-0.39, 0.29) is 0 Å². The van der Waals surface area contributed by atoms with Gasteiger partial charge in [0.15, 0.2) is 0 Å². The number of nitrogens with two attached hydrogens (primary N) is 1. The molecule has 0 heterocycles. The molecule has 1 atom stereocenters. The van der Waals surface area contributed by atoms with Gasteiger partial charge in [-0.05, 0) is 49.6 Å². The van der Waals surface area contributed by atoms with Gasteiger partial charge in [0.2, 0.25) is 0 Å². The van der Waals surface area contributed by atoms with Crippen molar-refractivity contribution in [2.45, 2.75) is 20.8 Å². The molecule has 0 saturated heterocycles. The summed E-state index contributed by atoms with van der Waals surface area (Å²) in [5.41, 5.74) is 9.40. The van der Waals surface area contributed by atoms with Crippen molar-refractivity contribution in [1.82, 2.24) is 0 Å². The lowest BCUT2D eigenvalue weighted by atomic mass is 10.1. The van der Waals surface area contributed by atoms with Crippen molar-refractivity contribution in [2.75, 3.05) is 18.4 Å². The standard InChI is InChI=1S/C12H20N2/c1-9(7-13)8-14-12-5-4-10(2)11(3)6-12/h4-6,9,14H,7-8,13H2,1-3H3. The second-order valence-corrected chi connectivity index (χ2v) is 4.02. The molecule has 0 radical (unpaired) electrons. The highest BCUT2D eigenvalue weighted by molar-refractivity contribution is 5.48. The largest absolute Gasteiger partial charge is 0.385 e. The normalized spacial score (nSPS) is 12.6. The van der Waals surface area contributed by atoms with Crippen LogP contribution < -0.4 is 11.1 Å². The van der Waals surface area contributed by atoms with Crippen LogP contribution >= 0.6 is 0 Å². The summed E-state index contributed by atoms with van der Waals surface area (Å²) < 4.78 is 0. The molecule has 2 heteroatoms. The van der Waals surface area contributed by atoms with E-state index in [4.69, 9.17) is 5.73 Å². The molecule has 0 fully saturated rings. The van der Waals surface area contributed by atoms with E-state index in [0.717, 1.165) is 13.1 Å². The number of rotatable bonds is 4. The lowest BCUT2D eigenvalue weighted by Gasteiger charge is -2.12. The van der Waals surface area contributed by atoms with Crippen LogP contribution in [-0.2, 0) is 0 Å². The molecule has 0 amide bonds. The Hall–Kier alpha value is -1.02. The Kier molecular flexibility index (Phi) is 3.96. The fourth-order valence-electron chi connectivity index (χ4n) is 1.23. The molecule has 0 aromatic heterocycles. The van der Waals surface area contributed by atoms with Crippen LogP contribution in [0.25, 0.3) is 0 Å². The van der Waals surface area contributed by atoms with E-state index >= 15 is 0 Å². The second kappa shape index (κ2) is 5.01. The van der Waals surface area contributed by atoms with E-state index in [0.29, 0.717) is 5.92 Å². The van der Waals surface area contributed by atoms with Crippen LogP contribution in [0, 0.1) is 19.8 Å². The van der Waals surface area contributed by atoms with E-state index in [1.165, 1.54) is 16.8 Å². The van der Waals surface area contributed by atoms with E-state index in [1.54, 1.807) is 0 Å². The van der Waals surface area contributed by atoms with Gasteiger partial charge in [-0.15, -0.1) is 0 Å². The van der Waals surface area contributed by atoms with E-state index in [9.17, 15) is 0 Å². The lowest BCUT2D eigenvalue weighted by Crippen LogP contribution is -2.19. The highest BCUT2D eigenvalue weighted by Crippen LogP contribution is 2.14. The summed E-state index contributed by atoms with van der Waals surface area (Å²) in [5, 5.41) is 3.38. The Morgan fingerprint density at radius 1 is 1.29 bits per heavy atom. The quantitative estimate of drug-likeness (QED) is 0.768. The molecule has 0 aliphatic heterocycles. The summed E-state index contributed by atoms with van der Waals surface area (Å²) in [7, 11) is 0. The van der Waals surface area contributed by atoms with Gasteiger partial charge in [-0.25, -0.2) is 0 Å². The predicted octanol–water partition coefficient (Wildman–Crippen LogP) is 2.31. The third kappa shape index (κ3) is 3.04. The molecule has 0 bridgehead atoms. The summed E-state index contributed by atoms with van der Waals surface area (Å²) in [6, 6.07) is 6.44. The summed E-state index contributed by atoms with van der Waals surface area (Å²) in [5.74, 6) is 0.525. The van der Waals surface area contributed by atoms with Crippen molar-refractivity contribution in [3.8, 4) is 0 Å². The molecule has 1 unspecified atom stereocenters. The maximum Gasteiger partial charge on any atom is 0.0343 e. The van der Waals surface area contributed by atoms with Crippen molar-refractivity contribution < 1.29 is 0 Å². The molecule has 0 aliphatic rings. The molecular formula is C12H20N2. The minimum atomic E-state index is 0.525. The molecule has 78 valence electrons. The zero-order valence-corrected chi connectivity index (χ0v) is 9.30. The Morgan fingerprint density at radius 2 is 2.00 bits per heavy atom. The number of hydrogen-bond donors (Lipinski definition) is 2. The van der Waals surface area contributed by atoms with Gasteiger partial charge in [0.1, 0.15) is 0 Å². The smallest absolute Gasteiger partial charge is 0.0343 e. The Morgan fingerprint density at radius 3 is 2.57 bits per heavy atom. The van der Waals surface area contributed by atoms with Crippen LogP contribution in [0.15, 0.2) is 18.2 Å². The van der Waals surface area contributed by atoms with Gasteiger partial charge >= 0.3 is 0 Å². The van der Waals surface area contributed by atoms with Gasteiger partial charge in [0.25, 0.3) is 0 Å². The third-order valence-electron chi connectivity index (χ3n) is 2.56. The first-order chi connectivity index (χ1) is 6.63. The van der Waals surface area contributed by atoms with Crippen molar-refractivity contribution in [3.05, 3.63) is 29.3 Å². The molecule has 0 aliphatic carbocycles. The van der Waals surface area contributed by atoms with Crippen LogP contribution in [0.5, 0.6) is 0 Å². The van der Waals surface area contributed by atoms with E-state index < -0.39 is 0 Å². The van der Waals surface area contributed by atoms with Gasteiger partial charge in [0, 0.05) is 12.2 Å². The zero-order valence-electron chi connectivity index (χ0n) is 9.30. The van der Waals surface area contributed by atoms with Crippen LogP contribution in [0.2, 0.25) is 0 Å². The molecule has 1 aromatic carbocycles. The average molecular weight is 192 g/mol. The number of hydrogen-bond acceptors (Lipinski definition) is 2. The maximum absolute atomic E-state index is 5.55. The summed E-state index contributed by atoms with van der Waals surface area (Å²) in [6.07, 6.45) is 0. The van der Waals surface area contributed by atoms with Crippen molar-refractivity contribution in [3.63, 3.8) is 0 Å². The van der Waals surface area contributed by atoms with E-state index in [2.05, 4.69) is 44.3 Å². The monoisotopic (exact) mass is 192 g/mol. The Balaban J connectivity index is 2.55. The number of nitrogens with one attached hydrogen (secondary N) is 1. The van der Waals surface area contributed by atoms with Crippen LogP contribution in [0.1, 0.15) is 18.1 Å². The molecule has 0 saturated carbocycles. The minimum absolute atomic E-state index is 0.525.